The Morgan fingerprint density at radius 2 is 1.93 bits per heavy atom. The van der Waals surface area contributed by atoms with Crippen molar-refractivity contribution < 1.29 is 4.74 Å². The van der Waals surface area contributed by atoms with E-state index in [1.165, 1.54) is 12.0 Å². The van der Waals surface area contributed by atoms with Gasteiger partial charge in [-0.05, 0) is 23.8 Å². The molecule has 2 atom stereocenters. The predicted octanol–water partition coefficient (Wildman–Crippen LogP) is 3.42. The first-order chi connectivity index (χ1) is 6.77. The Kier molecular flexibility index (Phi) is 2.87. The lowest BCUT2D eigenvalue weighted by molar-refractivity contribution is 0.104. The molecule has 76 valence electrons. The normalized spacial score (nSPS) is 27.1. The summed E-state index contributed by atoms with van der Waals surface area (Å²) < 4.78 is 5.81. The fourth-order valence-corrected chi connectivity index (χ4v) is 2.02. The zero-order chi connectivity index (χ0) is 9.97. The minimum atomic E-state index is 0.337. The molecule has 0 bridgehead atoms. The van der Waals surface area contributed by atoms with Gasteiger partial charge in [0, 0.05) is 0 Å². The summed E-state index contributed by atoms with van der Waals surface area (Å²) in [6.45, 7) is 5.49. The van der Waals surface area contributed by atoms with E-state index in [0.717, 1.165) is 18.4 Å². The Labute approximate surface area is 86.1 Å². The molecule has 0 spiro atoms. The maximum Gasteiger partial charge on any atom is 0.0828 e. The minimum absolute atomic E-state index is 0.337. The van der Waals surface area contributed by atoms with E-state index in [2.05, 4.69) is 44.2 Å². The van der Waals surface area contributed by atoms with Crippen LogP contribution in [0.4, 0.5) is 0 Å². The molecule has 1 heterocycles. The predicted molar refractivity (Wildman–Crippen MR) is 58.1 cm³/mol. The van der Waals surface area contributed by atoms with Crippen LogP contribution in [0.15, 0.2) is 30.3 Å². The van der Waals surface area contributed by atoms with Crippen molar-refractivity contribution in [1.29, 1.82) is 0 Å². The van der Waals surface area contributed by atoms with Gasteiger partial charge in [0.25, 0.3) is 0 Å². The van der Waals surface area contributed by atoms with Crippen LogP contribution in [0.2, 0.25) is 0 Å². The van der Waals surface area contributed by atoms with Crippen molar-refractivity contribution in [1.82, 2.24) is 0 Å². The number of hydrogen-bond donors (Lipinski definition) is 0. The Balaban J connectivity index is 2.03. The molecule has 1 fully saturated rings. The average Bonchev–Trinajstić information content (AvgIpc) is 2.68. The van der Waals surface area contributed by atoms with E-state index in [1.54, 1.807) is 0 Å². The van der Waals surface area contributed by atoms with Crippen molar-refractivity contribution in [3.05, 3.63) is 35.9 Å². The van der Waals surface area contributed by atoms with Crippen LogP contribution in [0, 0.1) is 11.8 Å². The second kappa shape index (κ2) is 4.14. The summed E-state index contributed by atoms with van der Waals surface area (Å²) in [6.07, 6.45) is 1.52. The third kappa shape index (κ3) is 1.98. The van der Waals surface area contributed by atoms with Gasteiger partial charge >= 0.3 is 0 Å². The molecular weight excluding hydrogens is 172 g/mol. The van der Waals surface area contributed by atoms with Crippen molar-refractivity contribution in [2.75, 3.05) is 6.61 Å². The Bertz CT molecular complexity index is 279. The molecular formula is C13H18O. The topological polar surface area (TPSA) is 9.23 Å². The molecule has 2 rings (SSSR count). The highest BCUT2D eigenvalue weighted by atomic mass is 16.5. The smallest absolute Gasteiger partial charge is 0.0828 e. The monoisotopic (exact) mass is 190 g/mol. The molecule has 1 aliphatic rings. The first-order valence-electron chi connectivity index (χ1n) is 5.44. The van der Waals surface area contributed by atoms with Crippen molar-refractivity contribution in [3.63, 3.8) is 0 Å². The number of hydrogen-bond acceptors (Lipinski definition) is 1. The van der Waals surface area contributed by atoms with Gasteiger partial charge in [-0.2, -0.15) is 0 Å². The van der Waals surface area contributed by atoms with Crippen LogP contribution in [0.3, 0.4) is 0 Å². The summed E-state index contributed by atoms with van der Waals surface area (Å²) in [7, 11) is 0. The molecule has 1 aromatic rings. The van der Waals surface area contributed by atoms with E-state index in [1.807, 2.05) is 0 Å². The maximum atomic E-state index is 5.81. The van der Waals surface area contributed by atoms with E-state index < -0.39 is 0 Å². The van der Waals surface area contributed by atoms with E-state index in [0.29, 0.717) is 6.10 Å². The van der Waals surface area contributed by atoms with Gasteiger partial charge in [0.15, 0.2) is 0 Å². The zero-order valence-electron chi connectivity index (χ0n) is 8.94. The van der Waals surface area contributed by atoms with Crippen LogP contribution in [0.25, 0.3) is 0 Å². The third-order valence-electron chi connectivity index (χ3n) is 3.14. The summed E-state index contributed by atoms with van der Waals surface area (Å²) in [4.78, 5) is 0. The van der Waals surface area contributed by atoms with Crippen LogP contribution in [0.5, 0.6) is 0 Å². The van der Waals surface area contributed by atoms with Crippen LogP contribution in [-0.4, -0.2) is 6.61 Å². The quantitative estimate of drug-likeness (QED) is 0.694. The molecule has 0 saturated carbocycles. The van der Waals surface area contributed by atoms with Gasteiger partial charge in [0.1, 0.15) is 0 Å². The van der Waals surface area contributed by atoms with E-state index in [4.69, 9.17) is 4.74 Å². The molecule has 0 amide bonds. The molecule has 1 heteroatoms. The van der Waals surface area contributed by atoms with E-state index in [-0.39, 0.29) is 0 Å². The fourth-order valence-electron chi connectivity index (χ4n) is 2.02. The van der Waals surface area contributed by atoms with Gasteiger partial charge in [-0.25, -0.2) is 0 Å². The maximum absolute atomic E-state index is 5.81. The highest BCUT2D eigenvalue weighted by molar-refractivity contribution is 5.18. The fraction of sp³-hybridized carbons (Fsp3) is 0.538. The SMILES string of the molecule is CC(C)C1COC(c2ccccc2)C1. The second-order valence-electron chi connectivity index (χ2n) is 4.47. The summed E-state index contributed by atoms with van der Waals surface area (Å²) in [5.74, 6) is 1.48. The molecule has 2 unspecified atom stereocenters. The molecule has 0 aromatic heterocycles. The van der Waals surface area contributed by atoms with Gasteiger partial charge in [-0.15, -0.1) is 0 Å². The van der Waals surface area contributed by atoms with Crippen LogP contribution in [0.1, 0.15) is 31.9 Å². The zero-order valence-corrected chi connectivity index (χ0v) is 8.94. The lowest BCUT2D eigenvalue weighted by Gasteiger charge is -2.12. The molecule has 0 N–H and O–H groups in total. The van der Waals surface area contributed by atoms with Crippen molar-refractivity contribution >= 4 is 0 Å². The first kappa shape index (κ1) is 9.72. The molecule has 0 radical (unpaired) electrons. The molecule has 1 saturated heterocycles. The van der Waals surface area contributed by atoms with Gasteiger partial charge in [0.05, 0.1) is 12.7 Å². The Hall–Kier alpha value is -0.820. The standard InChI is InChI=1S/C13H18O/c1-10(2)12-8-13(14-9-12)11-6-4-3-5-7-11/h3-7,10,12-13H,8-9H2,1-2H3. The number of benzene rings is 1. The lowest BCUT2D eigenvalue weighted by atomic mass is 9.91. The summed E-state index contributed by atoms with van der Waals surface area (Å²) in [5, 5.41) is 0. The number of ether oxygens (including phenoxy) is 1. The largest absolute Gasteiger partial charge is 0.373 e. The Morgan fingerprint density at radius 1 is 1.21 bits per heavy atom. The highest BCUT2D eigenvalue weighted by Crippen LogP contribution is 2.35. The van der Waals surface area contributed by atoms with E-state index >= 15 is 0 Å². The van der Waals surface area contributed by atoms with Gasteiger partial charge in [0.2, 0.25) is 0 Å². The summed E-state index contributed by atoms with van der Waals surface area (Å²) >= 11 is 0. The molecule has 14 heavy (non-hydrogen) atoms. The Morgan fingerprint density at radius 3 is 2.50 bits per heavy atom. The third-order valence-corrected chi connectivity index (χ3v) is 3.14. The van der Waals surface area contributed by atoms with Crippen LogP contribution in [-0.2, 0) is 4.74 Å². The average molecular weight is 190 g/mol. The van der Waals surface area contributed by atoms with Crippen LogP contribution < -0.4 is 0 Å². The molecule has 1 aliphatic heterocycles. The first-order valence-corrected chi connectivity index (χ1v) is 5.44. The van der Waals surface area contributed by atoms with Gasteiger partial charge in [-0.1, -0.05) is 44.2 Å². The highest BCUT2D eigenvalue weighted by Gasteiger charge is 2.28. The van der Waals surface area contributed by atoms with Crippen molar-refractivity contribution in [3.8, 4) is 0 Å². The van der Waals surface area contributed by atoms with Gasteiger partial charge < -0.3 is 4.74 Å². The second-order valence-corrected chi connectivity index (χ2v) is 4.47. The van der Waals surface area contributed by atoms with E-state index in [9.17, 15) is 0 Å². The number of rotatable bonds is 2. The summed E-state index contributed by atoms with van der Waals surface area (Å²) in [6, 6.07) is 10.5. The van der Waals surface area contributed by atoms with Crippen LogP contribution >= 0.6 is 0 Å². The van der Waals surface area contributed by atoms with Gasteiger partial charge in [-0.3, -0.25) is 0 Å². The lowest BCUT2D eigenvalue weighted by Crippen LogP contribution is -2.07. The molecule has 1 nitrogen and oxygen atoms in total. The molecule has 0 aliphatic carbocycles. The summed E-state index contributed by atoms with van der Waals surface area (Å²) in [5.41, 5.74) is 1.33. The molecule has 1 aromatic carbocycles. The minimum Gasteiger partial charge on any atom is -0.373 e. The van der Waals surface area contributed by atoms with Crippen molar-refractivity contribution in [2.24, 2.45) is 11.8 Å². The van der Waals surface area contributed by atoms with Crippen molar-refractivity contribution in [2.45, 2.75) is 26.4 Å².